The molecule has 0 spiro atoms. The molecule has 2 nitrogen and oxygen atoms in total. The number of hydrogen-bond donors (Lipinski definition) is 1. The number of rotatable bonds is 4. The topological polar surface area (TPSA) is 29.3 Å². The van der Waals surface area contributed by atoms with Crippen molar-refractivity contribution >= 4 is 5.69 Å². The summed E-state index contributed by atoms with van der Waals surface area (Å²) in [5.41, 5.74) is 7.83. The zero-order valence-electron chi connectivity index (χ0n) is 11.9. The molecular formula is C16H25FN2. The summed E-state index contributed by atoms with van der Waals surface area (Å²) in [6.07, 6.45) is 8.55. The lowest BCUT2D eigenvalue weighted by Gasteiger charge is -2.31. The molecule has 0 aliphatic heterocycles. The molecule has 0 saturated heterocycles. The van der Waals surface area contributed by atoms with Crippen LogP contribution in [-0.2, 0) is 6.42 Å². The van der Waals surface area contributed by atoms with Crippen LogP contribution in [0.3, 0.4) is 0 Å². The van der Waals surface area contributed by atoms with Crippen molar-refractivity contribution in [3.63, 3.8) is 0 Å². The average Bonchev–Trinajstić information content (AvgIpc) is 2.67. The van der Waals surface area contributed by atoms with Crippen LogP contribution in [0.25, 0.3) is 0 Å². The maximum atomic E-state index is 13.4. The predicted octanol–water partition coefficient (Wildman–Crippen LogP) is 3.49. The highest BCUT2D eigenvalue weighted by atomic mass is 19.1. The summed E-state index contributed by atoms with van der Waals surface area (Å²) in [4.78, 5) is 2.34. The Morgan fingerprint density at radius 3 is 2.53 bits per heavy atom. The molecule has 2 N–H and O–H groups in total. The molecule has 0 aromatic heterocycles. The van der Waals surface area contributed by atoms with Gasteiger partial charge in [-0.3, -0.25) is 0 Å². The summed E-state index contributed by atoms with van der Waals surface area (Å²) < 4.78 is 13.4. The molecule has 2 rings (SSSR count). The van der Waals surface area contributed by atoms with Gasteiger partial charge in [0.25, 0.3) is 0 Å². The van der Waals surface area contributed by atoms with Gasteiger partial charge in [0.05, 0.1) is 0 Å². The highest BCUT2D eigenvalue weighted by Crippen LogP contribution is 2.28. The average molecular weight is 264 g/mol. The quantitative estimate of drug-likeness (QED) is 0.844. The van der Waals surface area contributed by atoms with Gasteiger partial charge in [0.1, 0.15) is 5.82 Å². The first kappa shape index (κ1) is 14.3. The van der Waals surface area contributed by atoms with Crippen LogP contribution in [-0.4, -0.2) is 19.6 Å². The van der Waals surface area contributed by atoms with Crippen LogP contribution in [0.4, 0.5) is 10.1 Å². The third kappa shape index (κ3) is 3.69. The van der Waals surface area contributed by atoms with E-state index in [2.05, 4.69) is 11.9 Å². The lowest BCUT2D eigenvalue weighted by atomic mass is 10.0. The summed E-state index contributed by atoms with van der Waals surface area (Å²) in [6.45, 7) is 0.564. The molecule has 0 amide bonds. The Balaban J connectivity index is 2.18. The fourth-order valence-electron chi connectivity index (χ4n) is 3.10. The van der Waals surface area contributed by atoms with Crippen LogP contribution >= 0.6 is 0 Å². The zero-order valence-corrected chi connectivity index (χ0v) is 11.9. The lowest BCUT2D eigenvalue weighted by Crippen LogP contribution is -2.32. The van der Waals surface area contributed by atoms with Crippen LogP contribution in [0.1, 0.15) is 44.1 Å². The van der Waals surface area contributed by atoms with Gasteiger partial charge in [-0.15, -0.1) is 0 Å². The van der Waals surface area contributed by atoms with Gasteiger partial charge < -0.3 is 10.6 Å². The van der Waals surface area contributed by atoms with Gasteiger partial charge in [-0.2, -0.15) is 0 Å². The minimum Gasteiger partial charge on any atom is -0.371 e. The van der Waals surface area contributed by atoms with Gasteiger partial charge >= 0.3 is 0 Å². The molecule has 0 heterocycles. The smallest absolute Gasteiger partial charge is 0.123 e. The van der Waals surface area contributed by atoms with Gasteiger partial charge in [-0.05, 0) is 49.6 Å². The first-order chi connectivity index (χ1) is 9.22. The second-order valence-electron chi connectivity index (χ2n) is 5.57. The van der Waals surface area contributed by atoms with E-state index in [-0.39, 0.29) is 5.82 Å². The van der Waals surface area contributed by atoms with Crippen LogP contribution in [0.2, 0.25) is 0 Å². The third-order valence-corrected chi connectivity index (χ3v) is 4.21. The van der Waals surface area contributed by atoms with Gasteiger partial charge in [-0.25, -0.2) is 4.39 Å². The number of benzene rings is 1. The Hall–Kier alpha value is -1.09. The summed E-state index contributed by atoms with van der Waals surface area (Å²) >= 11 is 0. The van der Waals surface area contributed by atoms with E-state index >= 15 is 0 Å². The maximum absolute atomic E-state index is 13.4. The first-order valence-electron chi connectivity index (χ1n) is 7.43. The molecule has 1 aliphatic rings. The van der Waals surface area contributed by atoms with Gasteiger partial charge in [0.2, 0.25) is 0 Å². The Labute approximate surface area is 115 Å². The fraction of sp³-hybridized carbons (Fsp3) is 0.625. The lowest BCUT2D eigenvalue weighted by molar-refractivity contribution is 0.550. The van der Waals surface area contributed by atoms with Gasteiger partial charge in [0, 0.05) is 18.8 Å². The molecule has 0 unspecified atom stereocenters. The summed E-state index contributed by atoms with van der Waals surface area (Å²) in [5, 5.41) is 0. The number of anilines is 1. The van der Waals surface area contributed by atoms with Crippen molar-refractivity contribution in [3.8, 4) is 0 Å². The summed E-state index contributed by atoms with van der Waals surface area (Å²) in [6, 6.07) is 5.69. The molecule has 0 radical (unpaired) electrons. The van der Waals surface area contributed by atoms with E-state index in [1.54, 1.807) is 12.1 Å². The van der Waals surface area contributed by atoms with Crippen molar-refractivity contribution in [3.05, 3.63) is 29.6 Å². The van der Waals surface area contributed by atoms with E-state index in [9.17, 15) is 4.39 Å². The normalized spacial score (nSPS) is 17.2. The molecule has 19 heavy (non-hydrogen) atoms. The van der Waals surface area contributed by atoms with E-state index in [0.717, 1.165) is 17.7 Å². The monoisotopic (exact) mass is 264 g/mol. The molecular weight excluding hydrogens is 239 g/mol. The molecule has 1 aromatic carbocycles. The highest BCUT2D eigenvalue weighted by molar-refractivity contribution is 5.54. The Bertz CT molecular complexity index is 398. The minimum atomic E-state index is -0.165. The van der Waals surface area contributed by atoms with Crippen molar-refractivity contribution in [2.24, 2.45) is 5.73 Å². The van der Waals surface area contributed by atoms with E-state index in [1.165, 1.54) is 38.5 Å². The van der Waals surface area contributed by atoms with E-state index < -0.39 is 0 Å². The zero-order chi connectivity index (χ0) is 13.7. The van der Waals surface area contributed by atoms with E-state index in [1.807, 2.05) is 6.07 Å². The molecule has 1 aliphatic carbocycles. The number of nitrogens with two attached hydrogens (primary N) is 1. The van der Waals surface area contributed by atoms with Crippen molar-refractivity contribution < 1.29 is 4.39 Å². The van der Waals surface area contributed by atoms with E-state index in [0.29, 0.717) is 12.6 Å². The number of hydrogen-bond acceptors (Lipinski definition) is 2. The fourth-order valence-corrected chi connectivity index (χ4v) is 3.10. The van der Waals surface area contributed by atoms with Gasteiger partial charge in [0.15, 0.2) is 0 Å². The van der Waals surface area contributed by atoms with Crippen LogP contribution in [0.5, 0.6) is 0 Å². The molecule has 1 fully saturated rings. The van der Waals surface area contributed by atoms with Crippen molar-refractivity contribution in [1.82, 2.24) is 0 Å². The predicted molar refractivity (Wildman–Crippen MR) is 79.1 cm³/mol. The summed E-state index contributed by atoms with van der Waals surface area (Å²) in [7, 11) is 2.14. The molecule has 106 valence electrons. The minimum absolute atomic E-state index is 0.165. The number of halogens is 1. The molecule has 0 atom stereocenters. The number of nitrogens with zero attached hydrogens (tertiary/aromatic N) is 1. The third-order valence-electron chi connectivity index (χ3n) is 4.21. The molecule has 3 heteroatoms. The van der Waals surface area contributed by atoms with Crippen LogP contribution in [0.15, 0.2) is 18.2 Å². The Kier molecular flexibility index (Phi) is 5.20. The SMILES string of the molecule is CN(c1ccc(F)cc1CCN)C1CCCCCC1. The first-order valence-corrected chi connectivity index (χ1v) is 7.43. The van der Waals surface area contributed by atoms with Crippen LogP contribution < -0.4 is 10.6 Å². The maximum Gasteiger partial charge on any atom is 0.123 e. The standard InChI is InChI=1S/C16H25FN2/c1-19(15-6-4-2-3-5-7-15)16-9-8-14(17)12-13(16)10-11-18/h8-9,12,15H,2-7,10-11,18H2,1H3. The van der Waals surface area contributed by atoms with Crippen molar-refractivity contribution in [2.75, 3.05) is 18.5 Å². The molecule has 1 aromatic rings. The van der Waals surface area contributed by atoms with Crippen molar-refractivity contribution in [1.29, 1.82) is 0 Å². The van der Waals surface area contributed by atoms with Gasteiger partial charge in [-0.1, -0.05) is 25.7 Å². The highest BCUT2D eigenvalue weighted by Gasteiger charge is 2.19. The summed E-state index contributed by atoms with van der Waals surface area (Å²) in [5.74, 6) is -0.165. The second-order valence-corrected chi connectivity index (χ2v) is 5.57. The van der Waals surface area contributed by atoms with Crippen molar-refractivity contribution in [2.45, 2.75) is 51.0 Å². The largest absolute Gasteiger partial charge is 0.371 e. The molecule has 1 saturated carbocycles. The second kappa shape index (κ2) is 6.90. The Morgan fingerprint density at radius 2 is 1.89 bits per heavy atom. The van der Waals surface area contributed by atoms with Crippen LogP contribution in [0, 0.1) is 5.82 Å². The Morgan fingerprint density at radius 1 is 1.21 bits per heavy atom. The molecule has 0 bridgehead atoms. The van der Waals surface area contributed by atoms with E-state index in [4.69, 9.17) is 5.73 Å².